The molecule has 0 amide bonds. The molecule has 1 aliphatic rings. The molecule has 0 bridgehead atoms. The van der Waals surface area contributed by atoms with Crippen molar-refractivity contribution in [2.75, 3.05) is 6.54 Å². The van der Waals surface area contributed by atoms with E-state index in [1.165, 1.54) is 31.7 Å². The molecule has 1 aromatic carbocycles. The third kappa shape index (κ3) is 2.86. The molecule has 0 heterocycles. The van der Waals surface area contributed by atoms with Gasteiger partial charge in [-0.15, -0.1) is 0 Å². The lowest BCUT2D eigenvalue weighted by molar-refractivity contribution is 0.218. The summed E-state index contributed by atoms with van der Waals surface area (Å²) in [5, 5.41) is 0. The number of hydrogen-bond donors (Lipinski definition) is 1. The number of rotatable bonds is 3. The fourth-order valence-corrected chi connectivity index (χ4v) is 3.24. The maximum Gasteiger partial charge on any atom is 0.123 e. The first-order valence-electron chi connectivity index (χ1n) is 6.68. The standard InChI is InChI=1S/C15H22FN/c1-11-5-2-3-8-14(11)15(10-17)12-6-4-7-13(16)9-12/h4,6-7,9,11,14-15H,2-3,5,8,10,17H2,1H3. The summed E-state index contributed by atoms with van der Waals surface area (Å²) in [6.07, 6.45) is 5.15. The van der Waals surface area contributed by atoms with Gasteiger partial charge in [-0.2, -0.15) is 0 Å². The highest BCUT2D eigenvalue weighted by atomic mass is 19.1. The number of nitrogens with two attached hydrogens (primary N) is 1. The van der Waals surface area contributed by atoms with E-state index in [9.17, 15) is 4.39 Å². The van der Waals surface area contributed by atoms with Crippen molar-refractivity contribution in [3.8, 4) is 0 Å². The van der Waals surface area contributed by atoms with E-state index in [0.29, 0.717) is 24.3 Å². The van der Waals surface area contributed by atoms with Crippen LogP contribution in [-0.2, 0) is 0 Å². The molecule has 2 N–H and O–H groups in total. The average Bonchev–Trinajstić information content (AvgIpc) is 2.33. The van der Waals surface area contributed by atoms with Crippen molar-refractivity contribution in [2.24, 2.45) is 17.6 Å². The van der Waals surface area contributed by atoms with Crippen LogP contribution in [0.2, 0.25) is 0 Å². The van der Waals surface area contributed by atoms with Gasteiger partial charge in [0.05, 0.1) is 0 Å². The second-order valence-corrected chi connectivity index (χ2v) is 5.32. The van der Waals surface area contributed by atoms with Crippen LogP contribution in [0.25, 0.3) is 0 Å². The van der Waals surface area contributed by atoms with Crippen molar-refractivity contribution in [1.82, 2.24) is 0 Å². The van der Waals surface area contributed by atoms with Gasteiger partial charge in [-0.1, -0.05) is 38.3 Å². The van der Waals surface area contributed by atoms with Gasteiger partial charge in [0.25, 0.3) is 0 Å². The predicted molar refractivity (Wildman–Crippen MR) is 69.3 cm³/mol. The first kappa shape index (κ1) is 12.6. The van der Waals surface area contributed by atoms with Gasteiger partial charge in [0, 0.05) is 0 Å². The van der Waals surface area contributed by atoms with E-state index in [1.54, 1.807) is 12.1 Å². The highest BCUT2D eigenvalue weighted by molar-refractivity contribution is 5.22. The Morgan fingerprint density at radius 2 is 2.12 bits per heavy atom. The van der Waals surface area contributed by atoms with Crippen molar-refractivity contribution >= 4 is 0 Å². The van der Waals surface area contributed by atoms with Crippen LogP contribution in [0.5, 0.6) is 0 Å². The van der Waals surface area contributed by atoms with Crippen LogP contribution < -0.4 is 5.73 Å². The van der Waals surface area contributed by atoms with Crippen LogP contribution in [0.4, 0.5) is 4.39 Å². The van der Waals surface area contributed by atoms with Crippen molar-refractivity contribution in [2.45, 2.75) is 38.5 Å². The summed E-state index contributed by atoms with van der Waals surface area (Å²) in [5.74, 6) is 1.50. The normalized spacial score (nSPS) is 26.8. The van der Waals surface area contributed by atoms with Gasteiger partial charge in [0.2, 0.25) is 0 Å². The number of hydrogen-bond acceptors (Lipinski definition) is 1. The first-order chi connectivity index (χ1) is 8.22. The van der Waals surface area contributed by atoms with Crippen molar-refractivity contribution in [3.63, 3.8) is 0 Å². The molecule has 1 fully saturated rings. The summed E-state index contributed by atoms with van der Waals surface area (Å²) in [7, 11) is 0. The van der Waals surface area contributed by atoms with Crippen molar-refractivity contribution in [3.05, 3.63) is 35.6 Å². The summed E-state index contributed by atoms with van der Waals surface area (Å²) in [6, 6.07) is 6.96. The van der Waals surface area contributed by atoms with Crippen LogP contribution in [0.3, 0.4) is 0 Å². The van der Waals surface area contributed by atoms with E-state index in [2.05, 4.69) is 6.92 Å². The molecule has 1 aromatic rings. The third-order valence-corrected chi connectivity index (χ3v) is 4.23. The summed E-state index contributed by atoms with van der Waals surface area (Å²) in [4.78, 5) is 0. The molecule has 17 heavy (non-hydrogen) atoms. The van der Waals surface area contributed by atoms with E-state index in [4.69, 9.17) is 5.73 Å². The zero-order chi connectivity index (χ0) is 12.3. The smallest absolute Gasteiger partial charge is 0.123 e. The summed E-state index contributed by atoms with van der Waals surface area (Å²) < 4.78 is 13.3. The zero-order valence-corrected chi connectivity index (χ0v) is 10.5. The minimum atomic E-state index is -0.149. The van der Waals surface area contributed by atoms with Gasteiger partial charge in [-0.3, -0.25) is 0 Å². The van der Waals surface area contributed by atoms with Crippen LogP contribution in [-0.4, -0.2) is 6.54 Å². The SMILES string of the molecule is CC1CCCCC1C(CN)c1cccc(F)c1. The van der Waals surface area contributed by atoms with E-state index in [1.807, 2.05) is 6.07 Å². The van der Waals surface area contributed by atoms with Crippen molar-refractivity contribution in [1.29, 1.82) is 0 Å². The minimum Gasteiger partial charge on any atom is -0.330 e. The molecule has 0 radical (unpaired) electrons. The molecule has 3 atom stereocenters. The Morgan fingerprint density at radius 3 is 2.76 bits per heavy atom. The molecule has 0 saturated heterocycles. The fourth-order valence-electron chi connectivity index (χ4n) is 3.24. The second kappa shape index (κ2) is 5.63. The quantitative estimate of drug-likeness (QED) is 0.849. The van der Waals surface area contributed by atoms with E-state index in [0.717, 1.165) is 5.56 Å². The Morgan fingerprint density at radius 1 is 1.35 bits per heavy atom. The molecule has 2 rings (SSSR count). The Labute approximate surface area is 103 Å². The lowest BCUT2D eigenvalue weighted by Crippen LogP contribution is -2.28. The van der Waals surface area contributed by atoms with Gasteiger partial charge in [-0.25, -0.2) is 4.39 Å². The molecule has 1 aliphatic carbocycles. The lowest BCUT2D eigenvalue weighted by Gasteiger charge is -2.35. The van der Waals surface area contributed by atoms with Crippen LogP contribution in [0, 0.1) is 17.7 Å². The Hall–Kier alpha value is -0.890. The van der Waals surface area contributed by atoms with Gasteiger partial charge >= 0.3 is 0 Å². The zero-order valence-electron chi connectivity index (χ0n) is 10.5. The van der Waals surface area contributed by atoms with Crippen molar-refractivity contribution < 1.29 is 4.39 Å². The lowest BCUT2D eigenvalue weighted by atomic mass is 9.71. The fraction of sp³-hybridized carbons (Fsp3) is 0.600. The molecule has 2 heteroatoms. The summed E-state index contributed by atoms with van der Waals surface area (Å²) in [6.45, 7) is 2.93. The molecule has 0 spiro atoms. The minimum absolute atomic E-state index is 0.149. The largest absolute Gasteiger partial charge is 0.330 e. The Kier molecular flexibility index (Phi) is 4.16. The molecule has 0 aromatic heterocycles. The molecule has 3 unspecified atom stereocenters. The monoisotopic (exact) mass is 235 g/mol. The summed E-state index contributed by atoms with van der Waals surface area (Å²) in [5.41, 5.74) is 7.00. The maximum absolute atomic E-state index is 13.3. The van der Waals surface area contributed by atoms with E-state index < -0.39 is 0 Å². The second-order valence-electron chi connectivity index (χ2n) is 5.32. The van der Waals surface area contributed by atoms with Crippen LogP contribution in [0.15, 0.2) is 24.3 Å². The first-order valence-corrected chi connectivity index (χ1v) is 6.68. The molecule has 0 aliphatic heterocycles. The molecular weight excluding hydrogens is 213 g/mol. The van der Waals surface area contributed by atoms with Gasteiger partial charge < -0.3 is 5.73 Å². The maximum atomic E-state index is 13.3. The van der Waals surface area contributed by atoms with Gasteiger partial charge in [-0.05, 0) is 48.4 Å². The molecule has 1 nitrogen and oxygen atoms in total. The predicted octanol–water partition coefficient (Wildman–Crippen LogP) is 3.69. The highest BCUT2D eigenvalue weighted by Crippen LogP contribution is 2.39. The topological polar surface area (TPSA) is 26.0 Å². The molecule has 94 valence electrons. The van der Waals surface area contributed by atoms with Gasteiger partial charge in [0.1, 0.15) is 5.82 Å². The number of benzene rings is 1. The molecular formula is C15H22FN. The Balaban J connectivity index is 2.20. The number of halogens is 1. The average molecular weight is 235 g/mol. The van der Waals surface area contributed by atoms with E-state index >= 15 is 0 Å². The Bertz CT molecular complexity index is 364. The van der Waals surface area contributed by atoms with Crippen LogP contribution >= 0.6 is 0 Å². The van der Waals surface area contributed by atoms with E-state index in [-0.39, 0.29) is 5.82 Å². The summed E-state index contributed by atoms with van der Waals surface area (Å²) >= 11 is 0. The molecule has 1 saturated carbocycles. The van der Waals surface area contributed by atoms with Crippen LogP contribution in [0.1, 0.15) is 44.1 Å². The van der Waals surface area contributed by atoms with Gasteiger partial charge in [0.15, 0.2) is 0 Å². The third-order valence-electron chi connectivity index (χ3n) is 4.23. The highest BCUT2D eigenvalue weighted by Gasteiger charge is 2.29.